The van der Waals surface area contributed by atoms with Crippen molar-refractivity contribution in [3.05, 3.63) is 65.7 Å². The maximum Gasteiger partial charge on any atom is 0.227 e. The number of benzene rings is 2. The molecule has 2 aliphatic rings. The average molecular weight is 421 g/mol. The van der Waals surface area contributed by atoms with Crippen LogP contribution in [0.1, 0.15) is 12.0 Å². The largest absolute Gasteiger partial charge is 0.497 e. The first kappa shape index (κ1) is 21.6. The molecule has 0 bridgehead atoms. The van der Waals surface area contributed by atoms with E-state index in [4.69, 9.17) is 9.47 Å². The summed E-state index contributed by atoms with van der Waals surface area (Å²) in [5, 5.41) is 0. The molecular formula is C26H32N2O3. The third-order valence-corrected chi connectivity index (χ3v) is 6.22. The fourth-order valence-corrected chi connectivity index (χ4v) is 4.40. The zero-order valence-corrected chi connectivity index (χ0v) is 18.5. The molecule has 5 heteroatoms. The minimum Gasteiger partial charge on any atom is -0.497 e. The summed E-state index contributed by atoms with van der Waals surface area (Å²) in [6.07, 6.45) is 4.05. The number of hydrogen-bond donors (Lipinski definition) is 0. The highest BCUT2D eigenvalue weighted by molar-refractivity contribution is 5.79. The molecule has 0 aliphatic carbocycles. The highest BCUT2D eigenvalue weighted by Gasteiger charge is 2.29. The van der Waals surface area contributed by atoms with Crippen LogP contribution in [0.4, 0.5) is 0 Å². The van der Waals surface area contributed by atoms with Gasteiger partial charge < -0.3 is 14.4 Å². The molecule has 1 fully saturated rings. The van der Waals surface area contributed by atoms with Crippen LogP contribution in [0.15, 0.2) is 60.2 Å². The summed E-state index contributed by atoms with van der Waals surface area (Å²) in [4.78, 5) is 17.3. The van der Waals surface area contributed by atoms with E-state index in [9.17, 15) is 4.79 Å². The van der Waals surface area contributed by atoms with Gasteiger partial charge in [0.1, 0.15) is 5.75 Å². The van der Waals surface area contributed by atoms with Crippen LogP contribution in [0.25, 0.3) is 11.1 Å². The van der Waals surface area contributed by atoms with Gasteiger partial charge in [0.05, 0.1) is 26.2 Å². The Balaban J connectivity index is 1.43. The van der Waals surface area contributed by atoms with E-state index >= 15 is 0 Å². The quantitative estimate of drug-likeness (QED) is 0.669. The van der Waals surface area contributed by atoms with Gasteiger partial charge in [-0.3, -0.25) is 9.69 Å². The lowest BCUT2D eigenvalue weighted by molar-refractivity contribution is -0.133. The molecule has 0 radical (unpaired) electrons. The number of hydrogen-bond acceptors (Lipinski definition) is 4. The molecule has 164 valence electrons. The summed E-state index contributed by atoms with van der Waals surface area (Å²) in [6.45, 7) is 4.92. The van der Waals surface area contributed by atoms with Crippen molar-refractivity contribution in [1.82, 2.24) is 9.80 Å². The van der Waals surface area contributed by atoms with Gasteiger partial charge in [-0.1, -0.05) is 42.5 Å². The summed E-state index contributed by atoms with van der Waals surface area (Å²) in [5.41, 5.74) is 4.87. The smallest absolute Gasteiger partial charge is 0.227 e. The Bertz CT molecular complexity index is 905. The van der Waals surface area contributed by atoms with Crippen LogP contribution in [0.3, 0.4) is 0 Å². The van der Waals surface area contributed by atoms with Crippen molar-refractivity contribution in [1.29, 1.82) is 0 Å². The molecule has 31 heavy (non-hydrogen) atoms. The average Bonchev–Trinajstić information content (AvgIpc) is 2.94. The Morgan fingerprint density at radius 2 is 1.74 bits per heavy atom. The lowest BCUT2D eigenvalue weighted by Gasteiger charge is -2.25. The first-order valence-corrected chi connectivity index (χ1v) is 11.1. The molecule has 1 amide bonds. The minimum atomic E-state index is -0.0237. The first-order valence-electron chi connectivity index (χ1n) is 11.1. The zero-order valence-electron chi connectivity index (χ0n) is 18.5. The van der Waals surface area contributed by atoms with Gasteiger partial charge in [0, 0.05) is 33.2 Å². The van der Waals surface area contributed by atoms with E-state index in [0.29, 0.717) is 0 Å². The van der Waals surface area contributed by atoms with Gasteiger partial charge in [-0.05, 0) is 47.2 Å². The number of carbonyl (C=O) groups excluding carboxylic acids is 1. The zero-order chi connectivity index (χ0) is 21.6. The minimum absolute atomic E-state index is 0.0237. The van der Waals surface area contributed by atoms with E-state index in [2.05, 4.69) is 47.4 Å². The Morgan fingerprint density at radius 1 is 1.03 bits per heavy atom. The maximum absolute atomic E-state index is 13.0. The number of ether oxygens (including phenoxy) is 2. The Kier molecular flexibility index (Phi) is 7.05. The van der Waals surface area contributed by atoms with E-state index in [1.54, 1.807) is 7.11 Å². The molecule has 1 unspecified atom stereocenters. The normalized spacial score (nSPS) is 20.3. The monoisotopic (exact) mass is 420 g/mol. The van der Waals surface area contributed by atoms with Gasteiger partial charge in [-0.2, -0.15) is 0 Å². The Morgan fingerprint density at radius 3 is 2.39 bits per heavy atom. The molecule has 0 spiro atoms. The van der Waals surface area contributed by atoms with E-state index in [1.165, 1.54) is 16.7 Å². The summed E-state index contributed by atoms with van der Waals surface area (Å²) >= 11 is 0. The number of rotatable bonds is 6. The van der Waals surface area contributed by atoms with Crippen LogP contribution in [0, 0.1) is 5.92 Å². The topological polar surface area (TPSA) is 42.0 Å². The highest BCUT2D eigenvalue weighted by atomic mass is 16.5. The second kappa shape index (κ2) is 10.1. The van der Waals surface area contributed by atoms with Gasteiger partial charge >= 0.3 is 0 Å². The maximum atomic E-state index is 13.0. The van der Waals surface area contributed by atoms with E-state index in [1.807, 2.05) is 24.1 Å². The number of carbonyl (C=O) groups is 1. The van der Waals surface area contributed by atoms with Crippen LogP contribution in [-0.4, -0.2) is 69.3 Å². The first-order chi connectivity index (χ1) is 15.1. The SMILES string of the molecule is COc1ccc(-c2ccc(CC3CN(CC4=CCCOC4)CCN(C)C3=O)cc2)cc1. The third-order valence-electron chi connectivity index (χ3n) is 6.22. The molecule has 2 aromatic rings. The van der Waals surface area contributed by atoms with Gasteiger partial charge in [0.25, 0.3) is 0 Å². The molecule has 1 atom stereocenters. The number of methoxy groups -OCH3 is 1. The molecule has 4 rings (SSSR count). The second-order valence-electron chi connectivity index (χ2n) is 8.53. The van der Waals surface area contributed by atoms with Gasteiger partial charge in [-0.25, -0.2) is 0 Å². The fourth-order valence-electron chi connectivity index (χ4n) is 4.40. The number of amides is 1. The van der Waals surface area contributed by atoms with Gasteiger partial charge in [0.2, 0.25) is 5.91 Å². The van der Waals surface area contributed by atoms with Crippen molar-refractivity contribution in [2.24, 2.45) is 5.92 Å². The van der Waals surface area contributed by atoms with E-state index in [-0.39, 0.29) is 11.8 Å². The summed E-state index contributed by atoms with van der Waals surface area (Å²) in [7, 11) is 3.60. The number of likely N-dealkylation sites (N-methyl/N-ethyl adjacent to an activating group) is 1. The molecule has 5 nitrogen and oxygen atoms in total. The summed E-state index contributed by atoms with van der Waals surface area (Å²) < 4.78 is 10.8. The van der Waals surface area contributed by atoms with Crippen molar-refractivity contribution in [3.63, 3.8) is 0 Å². The third kappa shape index (κ3) is 5.54. The lowest BCUT2D eigenvalue weighted by Crippen LogP contribution is -2.35. The molecule has 2 heterocycles. The lowest BCUT2D eigenvalue weighted by atomic mass is 9.95. The van der Waals surface area contributed by atoms with Crippen LogP contribution < -0.4 is 4.74 Å². The van der Waals surface area contributed by atoms with Crippen LogP contribution in [-0.2, 0) is 16.0 Å². The van der Waals surface area contributed by atoms with Crippen LogP contribution >= 0.6 is 0 Å². The van der Waals surface area contributed by atoms with Crippen molar-refractivity contribution in [2.75, 3.05) is 53.6 Å². The molecule has 0 N–H and O–H groups in total. The number of nitrogens with zero attached hydrogens (tertiary/aromatic N) is 2. The van der Waals surface area contributed by atoms with Crippen molar-refractivity contribution in [3.8, 4) is 16.9 Å². The fraction of sp³-hybridized carbons (Fsp3) is 0.423. The van der Waals surface area contributed by atoms with Crippen LogP contribution in [0.5, 0.6) is 5.75 Å². The van der Waals surface area contributed by atoms with Gasteiger partial charge in [0.15, 0.2) is 0 Å². The standard InChI is InChI=1S/C26H32N2O3/c1-27-13-14-28(17-21-4-3-15-31-19-21)18-24(26(27)29)16-20-5-7-22(8-6-20)23-9-11-25(30-2)12-10-23/h4-12,24H,3,13-19H2,1-2H3. The second-order valence-corrected chi connectivity index (χ2v) is 8.53. The molecular weight excluding hydrogens is 388 g/mol. The van der Waals surface area contributed by atoms with E-state index in [0.717, 1.165) is 63.5 Å². The highest BCUT2D eigenvalue weighted by Crippen LogP contribution is 2.24. The molecule has 2 aliphatic heterocycles. The summed E-state index contributed by atoms with van der Waals surface area (Å²) in [5.74, 6) is 1.08. The molecule has 2 aromatic carbocycles. The predicted molar refractivity (Wildman–Crippen MR) is 123 cm³/mol. The summed E-state index contributed by atoms with van der Waals surface area (Å²) in [6, 6.07) is 16.7. The van der Waals surface area contributed by atoms with E-state index < -0.39 is 0 Å². The Labute approximate surface area is 185 Å². The van der Waals surface area contributed by atoms with Crippen molar-refractivity contribution >= 4 is 5.91 Å². The Hall–Kier alpha value is -2.63. The van der Waals surface area contributed by atoms with Crippen molar-refractivity contribution < 1.29 is 14.3 Å². The van der Waals surface area contributed by atoms with Gasteiger partial charge in [-0.15, -0.1) is 0 Å². The molecule has 0 aromatic heterocycles. The predicted octanol–water partition coefficient (Wildman–Crippen LogP) is 3.64. The van der Waals surface area contributed by atoms with Crippen LogP contribution in [0.2, 0.25) is 0 Å². The molecule has 1 saturated heterocycles. The molecule has 0 saturated carbocycles. The van der Waals surface area contributed by atoms with Crippen molar-refractivity contribution in [2.45, 2.75) is 12.8 Å².